The van der Waals surface area contributed by atoms with Gasteiger partial charge in [-0.25, -0.2) is 0 Å². The van der Waals surface area contributed by atoms with Gasteiger partial charge in [-0.3, -0.25) is 24.6 Å². The van der Waals surface area contributed by atoms with E-state index in [0.29, 0.717) is 26.1 Å². The number of nitrogens with two attached hydrogens (primary N) is 2. The molecule has 1 aromatic rings. The number of benzene rings is 1. The fourth-order valence-corrected chi connectivity index (χ4v) is 4.17. The van der Waals surface area contributed by atoms with Crippen LogP contribution < -0.4 is 43.4 Å². The molecule has 0 radical (unpaired) electrons. The Morgan fingerprint density at radius 1 is 0.727 bits per heavy atom. The topological polar surface area (TPSA) is 257 Å². The lowest BCUT2D eigenvalue weighted by Crippen LogP contribution is -2.49. The zero-order valence-corrected chi connectivity index (χ0v) is 25.5. The number of aromatic hydroxyl groups is 2. The standard InChI is InChI=1S/C29H51N9O6/c30-25(41)20-23(38-27(43)18-21-9-10-22(39)19-24(21)40)28(44)36-15-4-1-3-11-33-12-6-13-34-14-7-17-35-26(42)8-2-5-16-37-29(31)32/h9-10,19,23,33-34,39-40H,1-8,11-18,20H2,(H2,30,41)(H,35,42)(H,36,44)(H,38,43)(H4,31,32,37)/t23-/m0/s1. The van der Waals surface area contributed by atoms with Gasteiger partial charge in [0, 0.05) is 37.7 Å². The lowest BCUT2D eigenvalue weighted by atomic mass is 10.1. The summed E-state index contributed by atoms with van der Waals surface area (Å²) in [7, 11) is 0. The molecule has 0 unspecified atom stereocenters. The summed E-state index contributed by atoms with van der Waals surface area (Å²) in [6.07, 6.45) is 5.85. The Hall–Kier alpha value is -4.11. The molecule has 0 aromatic heterocycles. The Morgan fingerprint density at radius 2 is 1.32 bits per heavy atom. The van der Waals surface area contributed by atoms with Crippen LogP contribution in [0.1, 0.15) is 63.4 Å². The van der Waals surface area contributed by atoms with Crippen LogP contribution in [0.2, 0.25) is 0 Å². The number of nitrogens with one attached hydrogen (secondary N) is 7. The summed E-state index contributed by atoms with van der Waals surface area (Å²) in [6, 6.07) is 2.72. The molecule has 1 rings (SSSR count). The van der Waals surface area contributed by atoms with Gasteiger partial charge in [0.1, 0.15) is 17.5 Å². The summed E-state index contributed by atoms with van der Waals surface area (Å²) < 4.78 is 0. The first kappa shape index (κ1) is 37.9. The third-order valence-electron chi connectivity index (χ3n) is 6.51. The predicted octanol–water partition coefficient (Wildman–Crippen LogP) is -0.984. The van der Waals surface area contributed by atoms with Gasteiger partial charge in [0.05, 0.1) is 12.8 Å². The Labute approximate surface area is 259 Å². The number of unbranched alkanes of at least 4 members (excludes halogenated alkanes) is 3. The molecule has 0 aliphatic rings. The zero-order chi connectivity index (χ0) is 32.6. The van der Waals surface area contributed by atoms with Crippen LogP contribution in [0.5, 0.6) is 11.5 Å². The average Bonchev–Trinajstić information content (AvgIpc) is 2.95. The van der Waals surface area contributed by atoms with Crippen LogP contribution in [0, 0.1) is 5.41 Å². The van der Waals surface area contributed by atoms with Crippen molar-refractivity contribution in [3.05, 3.63) is 23.8 Å². The van der Waals surface area contributed by atoms with Gasteiger partial charge in [-0.05, 0) is 70.8 Å². The lowest BCUT2D eigenvalue weighted by Gasteiger charge is -2.17. The largest absolute Gasteiger partial charge is 0.508 e. The van der Waals surface area contributed by atoms with Crippen LogP contribution in [0.4, 0.5) is 0 Å². The monoisotopic (exact) mass is 621 g/mol. The summed E-state index contributed by atoms with van der Waals surface area (Å²) >= 11 is 0. The Bertz CT molecular complexity index is 1040. The highest BCUT2D eigenvalue weighted by Crippen LogP contribution is 2.22. The summed E-state index contributed by atoms with van der Waals surface area (Å²) in [5.74, 6) is -2.20. The average molecular weight is 622 g/mol. The first-order chi connectivity index (χ1) is 21.1. The molecule has 0 spiro atoms. The van der Waals surface area contributed by atoms with Crippen molar-refractivity contribution >= 4 is 29.6 Å². The number of rotatable bonds is 25. The van der Waals surface area contributed by atoms with Crippen LogP contribution in [0.3, 0.4) is 0 Å². The number of primary amides is 1. The second-order valence-corrected chi connectivity index (χ2v) is 10.5. The molecular weight excluding hydrogens is 570 g/mol. The molecule has 4 amide bonds. The van der Waals surface area contributed by atoms with Gasteiger partial charge < -0.3 is 53.6 Å². The Balaban J connectivity index is 2.03. The zero-order valence-electron chi connectivity index (χ0n) is 25.5. The summed E-state index contributed by atoms with van der Waals surface area (Å²) in [6.45, 7) is 5.10. The highest BCUT2D eigenvalue weighted by molar-refractivity contribution is 5.92. The lowest BCUT2D eigenvalue weighted by molar-refractivity contribution is -0.131. The van der Waals surface area contributed by atoms with Gasteiger partial charge in [-0.15, -0.1) is 0 Å². The first-order valence-corrected chi connectivity index (χ1v) is 15.2. The Kier molecular flexibility index (Phi) is 20.1. The molecule has 0 aliphatic heterocycles. The molecule has 0 bridgehead atoms. The third kappa shape index (κ3) is 19.9. The van der Waals surface area contributed by atoms with E-state index < -0.39 is 23.8 Å². The van der Waals surface area contributed by atoms with Gasteiger partial charge in [0.2, 0.25) is 23.6 Å². The molecule has 0 aliphatic carbocycles. The van der Waals surface area contributed by atoms with Crippen LogP contribution in [-0.4, -0.2) is 91.7 Å². The number of hydrogen-bond donors (Lipinski definition) is 11. The van der Waals surface area contributed by atoms with Crippen molar-refractivity contribution in [2.45, 2.75) is 70.3 Å². The normalized spacial score (nSPS) is 11.4. The van der Waals surface area contributed by atoms with Crippen LogP contribution >= 0.6 is 0 Å². The van der Waals surface area contributed by atoms with E-state index in [1.165, 1.54) is 12.1 Å². The number of guanidine groups is 1. The number of carbonyl (C=O) groups is 4. The summed E-state index contributed by atoms with van der Waals surface area (Å²) in [4.78, 5) is 48.1. The highest BCUT2D eigenvalue weighted by Gasteiger charge is 2.23. The van der Waals surface area contributed by atoms with Crippen molar-refractivity contribution in [3.8, 4) is 11.5 Å². The minimum atomic E-state index is -1.12. The van der Waals surface area contributed by atoms with E-state index in [1.807, 2.05) is 0 Å². The number of carbonyl (C=O) groups excluding carboxylic acids is 4. The maximum absolute atomic E-state index is 12.5. The molecule has 0 saturated heterocycles. The first-order valence-electron chi connectivity index (χ1n) is 15.2. The number of hydrogen-bond acceptors (Lipinski definition) is 9. The van der Waals surface area contributed by atoms with Crippen LogP contribution in [0.15, 0.2) is 18.2 Å². The van der Waals surface area contributed by atoms with E-state index in [0.717, 1.165) is 77.2 Å². The van der Waals surface area contributed by atoms with Gasteiger partial charge in [0.25, 0.3) is 0 Å². The van der Waals surface area contributed by atoms with Crippen molar-refractivity contribution in [2.24, 2.45) is 11.5 Å². The van der Waals surface area contributed by atoms with Crippen LogP contribution in [0.25, 0.3) is 0 Å². The second kappa shape index (κ2) is 23.4. The third-order valence-corrected chi connectivity index (χ3v) is 6.51. The highest BCUT2D eigenvalue weighted by atomic mass is 16.3. The van der Waals surface area contributed by atoms with Gasteiger partial charge in [-0.2, -0.15) is 0 Å². The van der Waals surface area contributed by atoms with Gasteiger partial charge >= 0.3 is 0 Å². The van der Waals surface area contributed by atoms with E-state index in [1.54, 1.807) is 0 Å². The molecule has 15 heteroatoms. The molecule has 1 aromatic carbocycles. The van der Waals surface area contributed by atoms with Crippen molar-refractivity contribution in [2.75, 3.05) is 45.8 Å². The summed E-state index contributed by atoms with van der Waals surface area (Å²) in [5.41, 5.74) is 10.7. The van der Waals surface area contributed by atoms with Crippen molar-refractivity contribution in [3.63, 3.8) is 0 Å². The van der Waals surface area contributed by atoms with E-state index in [9.17, 15) is 29.4 Å². The molecule has 44 heavy (non-hydrogen) atoms. The molecular formula is C29H51N9O6. The minimum Gasteiger partial charge on any atom is -0.508 e. The van der Waals surface area contributed by atoms with E-state index in [2.05, 4.69) is 31.9 Å². The quantitative estimate of drug-likeness (QED) is 0.0361. The van der Waals surface area contributed by atoms with Crippen molar-refractivity contribution < 1.29 is 29.4 Å². The van der Waals surface area contributed by atoms with E-state index in [-0.39, 0.29) is 41.8 Å². The van der Waals surface area contributed by atoms with E-state index in [4.69, 9.17) is 16.9 Å². The number of amides is 4. The van der Waals surface area contributed by atoms with Crippen LogP contribution in [-0.2, 0) is 25.6 Å². The van der Waals surface area contributed by atoms with Gasteiger partial charge in [0.15, 0.2) is 5.96 Å². The maximum atomic E-state index is 12.5. The fourth-order valence-electron chi connectivity index (χ4n) is 4.17. The molecule has 0 fully saturated rings. The number of phenolic OH excluding ortho intramolecular Hbond substituents is 2. The van der Waals surface area contributed by atoms with Crippen molar-refractivity contribution in [1.29, 1.82) is 5.41 Å². The molecule has 0 saturated carbocycles. The fraction of sp³-hybridized carbons (Fsp3) is 0.621. The molecule has 1 atom stereocenters. The van der Waals surface area contributed by atoms with Crippen molar-refractivity contribution in [1.82, 2.24) is 31.9 Å². The predicted molar refractivity (Wildman–Crippen MR) is 168 cm³/mol. The molecule has 15 nitrogen and oxygen atoms in total. The molecule has 13 N–H and O–H groups in total. The summed E-state index contributed by atoms with van der Waals surface area (Å²) in [5, 5.41) is 43.9. The van der Waals surface area contributed by atoms with Gasteiger partial charge in [-0.1, -0.05) is 12.5 Å². The minimum absolute atomic E-state index is 0.0425. The molecule has 248 valence electrons. The maximum Gasteiger partial charge on any atom is 0.243 e. The number of phenols is 2. The SMILES string of the molecule is N=C(N)NCCCCC(=O)NCCCNCCCNCCCCCNC(=O)[C@H](CC(N)=O)NC(=O)Cc1ccc(O)cc1O. The molecule has 0 heterocycles. The second-order valence-electron chi connectivity index (χ2n) is 10.5. The Morgan fingerprint density at radius 3 is 1.98 bits per heavy atom. The smallest absolute Gasteiger partial charge is 0.243 e. The van der Waals surface area contributed by atoms with E-state index >= 15 is 0 Å².